The maximum absolute atomic E-state index is 13.0. The van der Waals surface area contributed by atoms with Crippen LogP contribution < -0.4 is 0 Å². The molecule has 0 bridgehead atoms. The molecule has 0 unspecified atom stereocenters. The predicted octanol–water partition coefficient (Wildman–Crippen LogP) is 5.95. The van der Waals surface area contributed by atoms with Gasteiger partial charge in [0.05, 0.1) is 16.8 Å². The first-order valence-electron chi connectivity index (χ1n) is 7.72. The van der Waals surface area contributed by atoms with Crippen molar-refractivity contribution in [1.29, 1.82) is 4.78 Å². The van der Waals surface area contributed by atoms with Crippen LogP contribution in [0.5, 0.6) is 0 Å². The van der Waals surface area contributed by atoms with Gasteiger partial charge in [0.15, 0.2) is 0 Å². The number of benzene rings is 2. The first-order chi connectivity index (χ1) is 13.7. The van der Waals surface area contributed by atoms with Crippen LogP contribution in [0.25, 0.3) is 0 Å². The molecule has 0 radical (unpaired) electrons. The van der Waals surface area contributed by atoms with Crippen LogP contribution in [0.2, 0.25) is 5.02 Å². The molecule has 0 saturated carbocycles. The number of nitrogens with zero attached hydrogens (tertiary/aromatic N) is 1. The molecule has 0 atom stereocenters. The fraction of sp³-hybridized carbons (Fsp3) is 0.235. The average Bonchev–Trinajstić information content (AvgIpc) is 2.59. The number of rotatable bonds is 4. The summed E-state index contributed by atoms with van der Waals surface area (Å²) >= 11 is 5.74. The van der Waals surface area contributed by atoms with Crippen molar-refractivity contribution in [3.8, 4) is 0 Å². The van der Waals surface area contributed by atoms with Crippen LogP contribution >= 0.6 is 11.6 Å². The molecule has 0 spiro atoms. The predicted molar refractivity (Wildman–Crippen MR) is 96.5 cm³/mol. The normalized spacial score (nSPS) is 12.1. The molecule has 0 amide bonds. The lowest BCUT2D eigenvalue weighted by atomic mass is 10.0. The molecule has 0 fully saturated rings. The summed E-state index contributed by atoms with van der Waals surface area (Å²) in [6, 6.07) is 7.24. The quantitative estimate of drug-likeness (QED) is 0.338. The molecule has 30 heavy (non-hydrogen) atoms. The van der Waals surface area contributed by atoms with Gasteiger partial charge in [-0.1, -0.05) is 28.9 Å². The molecule has 13 heteroatoms. The smallest absolute Gasteiger partial charge is 0.391 e. The van der Waals surface area contributed by atoms with Crippen molar-refractivity contribution in [2.24, 2.45) is 5.16 Å². The summed E-state index contributed by atoms with van der Waals surface area (Å²) in [5.74, 6) is 0. The summed E-state index contributed by atoms with van der Waals surface area (Å²) in [5, 5.41) is 3.71. The minimum Gasteiger partial charge on any atom is -0.391 e. The molecule has 1 N–H and O–H groups in total. The van der Waals surface area contributed by atoms with Gasteiger partial charge >= 0.3 is 22.9 Å². The summed E-state index contributed by atoms with van der Waals surface area (Å²) in [5.41, 5.74) is -1.64. The lowest BCUT2D eigenvalue weighted by molar-refractivity contribution is -0.138. The number of hydrogen-bond acceptors (Lipinski definition) is 5. The Balaban J connectivity index is 0.00000103. The first kappa shape index (κ1) is 25.4. The SMILES string of the molecule is C/C(=N\OCc1ccc(C(F)(F)F)cc1)c1cc(Cl)ccc1C(F)(F)F.N=S(=O)=O. The van der Waals surface area contributed by atoms with Crippen LogP contribution in [-0.2, 0) is 34.3 Å². The van der Waals surface area contributed by atoms with Crippen LogP contribution in [0.3, 0.4) is 0 Å². The Morgan fingerprint density at radius 3 is 2.03 bits per heavy atom. The fourth-order valence-electron chi connectivity index (χ4n) is 2.11. The Hall–Kier alpha value is -2.60. The molecule has 2 aromatic carbocycles. The van der Waals surface area contributed by atoms with Crippen LogP contribution in [0, 0.1) is 4.78 Å². The van der Waals surface area contributed by atoms with Gasteiger partial charge in [0.25, 0.3) is 0 Å². The van der Waals surface area contributed by atoms with Crippen molar-refractivity contribution in [1.82, 2.24) is 0 Å². The summed E-state index contributed by atoms with van der Waals surface area (Å²) in [4.78, 5) is 4.97. The highest BCUT2D eigenvalue weighted by molar-refractivity contribution is 7.60. The third-order valence-corrected chi connectivity index (χ3v) is 3.63. The maximum Gasteiger partial charge on any atom is 0.417 e. The third-order valence-electron chi connectivity index (χ3n) is 3.39. The summed E-state index contributed by atoms with van der Waals surface area (Å²) in [7, 11) is -2.61. The van der Waals surface area contributed by atoms with Crippen LogP contribution in [-0.4, -0.2) is 14.1 Å². The minimum absolute atomic E-state index is 0.0632. The molecule has 0 aliphatic rings. The van der Waals surface area contributed by atoms with Crippen molar-refractivity contribution in [2.45, 2.75) is 25.9 Å². The van der Waals surface area contributed by atoms with Crippen molar-refractivity contribution in [2.75, 3.05) is 0 Å². The number of halogens is 7. The van der Waals surface area contributed by atoms with E-state index in [4.69, 9.17) is 29.6 Å². The van der Waals surface area contributed by atoms with Gasteiger partial charge in [-0.15, -0.1) is 0 Å². The van der Waals surface area contributed by atoms with Crippen LogP contribution in [0.1, 0.15) is 29.2 Å². The lowest BCUT2D eigenvalue weighted by Gasteiger charge is -2.13. The molecule has 2 rings (SSSR count). The highest BCUT2D eigenvalue weighted by atomic mass is 35.5. The zero-order chi connectivity index (χ0) is 23.1. The molecule has 0 aliphatic carbocycles. The Morgan fingerprint density at radius 2 is 1.57 bits per heavy atom. The number of nitrogens with one attached hydrogen (secondary N) is 1. The Labute approximate surface area is 173 Å². The third kappa shape index (κ3) is 8.41. The second-order valence-corrected chi connectivity index (χ2v) is 6.47. The van der Waals surface area contributed by atoms with Gasteiger partial charge < -0.3 is 4.84 Å². The molecule has 5 nitrogen and oxygen atoms in total. The fourth-order valence-corrected chi connectivity index (χ4v) is 2.28. The molecule has 0 aromatic heterocycles. The molecular formula is C17H13ClF6N2O3S. The van der Waals surface area contributed by atoms with E-state index in [1.165, 1.54) is 19.1 Å². The maximum atomic E-state index is 13.0. The van der Waals surface area contributed by atoms with E-state index in [9.17, 15) is 26.3 Å². The van der Waals surface area contributed by atoms with Crippen molar-refractivity contribution in [3.63, 3.8) is 0 Å². The van der Waals surface area contributed by atoms with Crippen LogP contribution in [0.4, 0.5) is 26.3 Å². The first-order valence-corrected chi connectivity index (χ1v) is 9.17. The summed E-state index contributed by atoms with van der Waals surface area (Å²) in [6.07, 6.45) is -9.04. The second-order valence-electron chi connectivity index (χ2n) is 5.57. The Bertz CT molecular complexity index is 997. The van der Waals surface area contributed by atoms with Gasteiger partial charge in [0.1, 0.15) is 6.61 Å². The second kappa shape index (κ2) is 10.4. The van der Waals surface area contributed by atoms with Gasteiger partial charge in [-0.2, -0.15) is 39.5 Å². The van der Waals surface area contributed by atoms with E-state index in [2.05, 4.69) is 5.16 Å². The molecule has 0 heterocycles. The molecule has 2 aromatic rings. The zero-order valence-electron chi connectivity index (χ0n) is 15.0. The van der Waals surface area contributed by atoms with E-state index in [1.54, 1.807) is 0 Å². The highest BCUT2D eigenvalue weighted by Gasteiger charge is 2.34. The van der Waals surface area contributed by atoms with E-state index in [-0.39, 0.29) is 22.9 Å². The Kier molecular flexibility index (Phi) is 8.85. The van der Waals surface area contributed by atoms with Gasteiger partial charge in [-0.05, 0) is 42.8 Å². The summed E-state index contributed by atoms with van der Waals surface area (Å²) in [6.45, 7) is 1.12. The van der Waals surface area contributed by atoms with Crippen molar-refractivity contribution >= 4 is 27.8 Å². The lowest BCUT2D eigenvalue weighted by Crippen LogP contribution is -2.12. The average molecular weight is 475 g/mol. The number of alkyl halides is 6. The van der Waals surface area contributed by atoms with Gasteiger partial charge in [-0.25, -0.2) is 0 Å². The minimum atomic E-state index is -4.59. The van der Waals surface area contributed by atoms with Crippen molar-refractivity contribution < 1.29 is 39.6 Å². The number of oxime groups is 1. The van der Waals surface area contributed by atoms with E-state index in [1.807, 2.05) is 0 Å². The summed E-state index contributed by atoms with van der Waals surface area (Å²) < 4.78 is 99.4. The van der Waals surface area contributed by atoms with Gasteiger partial charge in [0, 0.05) is 10.6 Å². The Morgan fingerprint density at radius 1 is 1.03 bits per heavy atom. The van der Waals surface area contributed by atoms with E-state index in [0.717, 1.165) is 30.3 Å². The van der Waals surface area contributed by atoms with E-state index < -0.39 is 34.0 Å². The monoisotopic (exact) mass is 474 g/mol. The largest absolute Gasteiger partial charge is 0.417 e. The van der Waals surface area contributed by atoms with E-state index in [0.29, 0.717) is 5.56 Å². The molecule has 0 aliphatic heterocycles. The molecule has 164 valence electrons. The molecule has 0 saturated heterocycles. The van der Waals surface area contributed by atoms with Gasteiger partial charge in [-0.3, -0.25) is 0 Å². The van der Waals surface area contributed by atoms with E-state index >= 15 is 0 Å². The standard InChI is InChI=1S/C17H12ClF6NO.HNO2S/c1-10(14-8-13(18)6-7-15(14)17(22,23)24)25-26-9-11-2-4-12(5-3-11)16(19,20)21;1-4(2)3/h2-8H,9H2,1H3;1H/b25-10+;. The van der Waals surface area contributed by atoms with Crippen LogP contribution in [0.15, 0.2) is 47.6 Å². The van der Waals surface area contributed by atoms with Gasteiger partial charge in [0.2, 0.25) is 0 Å². The van der Waals surface area contributed by atoms with Crippen molar-refractivity contribution in [3.05, 3.63) is 69.7 Å². The zero-order valence-corrected chi connectivity index (χ0v) is 16.5. The number of hydrogen-bond donors (Lipinski definition) is 1. The topological polar surface area (TPSA) is 79.6 Å². The molecular weight excluding hydrogens is 462 g/mol. The highest BCUT2D eigenvalue weighted by Crippen LogP contribution is 2.34.